The Morgan fingerprint density at radius 1 is 1.21 bits per heavy atom. The molecule has 0 N–H and O–H groups in total. The molecule has 0 aromatic heterocycles. The van der Waals surface area contributed by atoms with Gasteiger partial charge >= 0.3 is 0 Å². The highest BCUT2D eigenvalue weighted by Crippen LogP contribution is 2.39. The molecule has 1 aromatic rings. The summed E-state index contributed by atoms with van der Waals surface area (Å²) in [6.45, 7) is 2.02. The third-order valence-electron chi connectivity index (χ3n) is 5.83. The Bertz CT molecular complexity index is 664. The molecule has 0 saturated carbocycles. The summed E-state index contributed by atoms with van der Waals surface area (Å²) >= 11 is 0. The van der Waals surface area contributed by atoms with Crippen LogP contribution in [0.5, 0.6) is 5.75 Å². The minimum absolute atomic E-state index is 0.0778. The molecule has 1 spiro atoms. The van der Waals surface area contributed by atoms with Crippen LogP contribution in [0.4, 0.5) is 0 Å². The van der Waals surface area contributed by atoms with Crippen molar-refractivity contribution < 1.29 is 14.3 Å². The summed E-state index contributed by atoms with van der Waals surface area (Å²) < 4.78 is 6.35. The van der Waals surface area contributed by atoms with Crippen molar-refractivity contribution in [1.82, 2.24) is 9.80 Å². The number of para-hydroxylation sites is 1. The topological polar surface area (TPSA) is 49.9 Å². The van der Waals surface area contributed by atoms with E-state index in [9.17, 15) is 9.59 Å². The summed E-state index contributed by atoms with van der Waals surface area (Å²) in [5.74, 6) is 1.06. The number of likely N-dealkylation sites (tertiary alicyclic amines) is 2. The molecule has 4 rings (SSSR count). The van der Waals surface area contributed by atoms with Crippen molar-refractivity contribution >= 4 is 11.8 Å². The lowest BCUT2D eigenvalue weighted by Gasteiger charge is -2.45. The van der Waals surface area contributed by atoms with Gasteiger partial charge < -0.3 is 14.5 Å². The zero-order valence-corrected chi connectivity index (χ0v) is 14.2. The number of rotatable bonds is 1. The van der Waals surface area contributed by atoms with Crippen LogP contribution < -0.4 is 4.74 Å². The summed E-state index contributed by atoms with van der Waals surface area (Å²) in [4.78, 5) is 27.9. The van der Waals surface area contributed by atoms with Gasteiger partial charge in [0.2, 0.25) is 11.8 Å². The van der Waals surface area contributed by atoms with Gasteiger partial charge in [-0.15, -0.1) is 0 Å². The Balaban J connectivity index is 1.39. The number of carbonyl (C=O) groups is 2. The molecule has 0 aliphatic carbocycles. The molecule has 2 fully saturated rings. The number of hydrogen-bond acceptors (Lipinski definition) is 3. The molecular formula is C19H24N2O3. The van der Waals surface area contributed by atoms with Crippen molar-refractivity contribution in [2.24, 2.45) is 5.92 Å². The molecule has 5 heteroatoms. The van der Waals surface area contributed by atoms with E-state index in [1.807, 2.05) is 17.0 Å². The summed E-state index contributed by atoms with van der Waals surface area (Å²) in [5.41, 5.74) is 1.17. The number of benzene rings is 1. The van der Waals surface area contributed by atoms with E-state index in [0.29, 0.717) is 13.0 Å². The lowest BCUT2D eigenvalue weighted by molar-refractivity contribution is -0.139. The first kappa shape index (κ1) is 15.5. The molecule has 2 saturated heterocycles. The van der Waals surface area contributed by atoms with E-state index < -0.39 is 0 Å². The van der Waals surface area contributed by atoms with Crippen molar-refractivity contribution in [3.05, 3.63) is 29.8 Å². The van der Waals surface area contributed by atoms with Gasteiger partial charge in [0.25, 0.3) is 0 Å². The van der Waals surface area contributed by atoms with E-state index >= 15 is 0 Å². The lowest BCUT2D eigenvalue weighted by Crippen LogP contribution is -2.52. The smallest absolute Gasteiger partial charge is 0.227 e. The molecule has 3 aliphatic rings. The lowest BCUT2D eigenvalue weighted by atomic mass is 9.83. The highest BCUT2D eigenvalue weighted by atomic mass is 16.5. The van der Waals surface area contributed by atoms with E-state index in [2.05, 4.69) is 12.1 Å². The minimum atomic E-state index is -0.162. The van der Waals surface area contributed by atoms with E-state index in [4.69, 9.17) is 4.74 Å². The molecule has 128 valence electrons. The Morgan fingerprint density at radius 2 is 1.96 bits per heavy atom. The molecule has 1 atom stereocenters. The second-order valence-electron chi connectivity index (χ2n) is 7.39. The first-order valence-corrected chi connectivity index (χ1v) is 8.86. The molecule has 5 nitrogen and oxygen atoms in total. The molecule has 0 bridgehead atoms. The van der Waals surface area contributed by atoms with E-state index in [1.165, 1.54) is 5.56 Å². The molecule has 0 radical (unpaired) electrons. The van der Waals surface area contributed by atoms with Crippen LogP contribution >= 0.6 is 0 Å². The van der Waals surface area contributed by atoms with Crippen molar-refractivity contribution in [1.29, 1.82) is 0 Å². The van der Waals surface area contributed by atoms with E-state index in [-0.39, 0.29) is 23.3 Å². The molecule has 2 amide bonds. The maximum atomic E-state index is 12.7. The number of piperidine rings is 1. The van der Waals surface area contributed by atoms with Gasteiger partial charge in [0.1, 0.15) is 11.4 Å². The third-order valence-corrected chi connectivity index (χ3v) is 5.83. The van der Waals surface area contributed by atoms with Gasteiger partial charge in [-0.3, -0.25) is 9.59 Å². The summed E-state index contributed by atoms with van der Waals surface area (Å²) in [6.07, 6.45) is 4.19. The average Bonchev–Trinajstić information content (AvgIpc) is 2.94. The predicted molar refractivity (Wildman–Crippen MR) is 89.7 cm³/mol. The van der Waals surface area contributed by atoms with Gasteiger partial charge in [0.15, 0.2) is 0 Å². The zero-order chi connectivity index (χ0) is 16.7. The number of nitrogens with zero attached hydrogens (tertiary/aromatic N) is 2. The number of amides is 2. The fourth-order valence-corrected chi connectivity index (χ4v) is 4.23. The largest absolute Gasteiger partial charge is 0.487 e. The fraction of sp³-hybridized carbons (Fsp3) is 0.579. The maximum Gasteiger partial charge on any atom is 0.227 e. The maximum absolute atomic E-state index is 12.7. The first-order chi connectivity index (χ1) is 11.6. The summed E-state index contributed by atoms with van der Waals surface area (Å²) in [5, 5.41) is 0. The van der Waals surface area contributed by atoms with Crippen LogP contribution in [0, 0.1) is 5.92 Å². The zero-order valence-electron chi connectivity index (χ0n) is 14.2. The number of aryl methyl sites for hydroxylation is 1. The van der Waals surface area contributed by atoms with Crippen LogP contribution in [-0.2, 0) is 16.0 Å². The second kappa shape index (κ2) is 5.80. The van der Waals surface area contributed by atoms with Crippen molar-refractivity contribution in [2.75, 3.05) is 26.7 Å². The van der Waals surface area contributed by atoms with Gasteiger partial charge in [0.05, 0.1) is 5.92 Å². The molecule has 1 aromatic carbocycles. The minimum Gasteiger partial charge on any atom is -0.487 e. The molecular weight excluding hydrogens is 304 g/mol. The van der Waals surface area contributed by atoms with E-state index in [0.717, 1.165) is 44.5 Å². The number of ether oxygens (including phenoxy) is 1. The van der Waals surface area contributed by atoms with Crippen LogP contribution in [0.1, 0.15) is 31.2 Å². The van der Waals surface area contributed by atoms with Crippen LogP contribution in [-0.4, -0.2) is 53.9 Å². The van der Waals surface area contributed by atoms with Gasteiger partial charge in [-0.25, -0.2) is 0 Å². The number of carbonyl (C=O) groups excluding carboxylic acids is 2. The van der Waals surface area contributed by atoms with Gasteiger partial charge in [-0.05, 0) is 24.5 Å². The highest BCUT2D eigenvalue weighted by molar-refractivity contribution is 5.89. The molecule has 3 aliphatic heterocycles. The van der Waals surface area contributed by atoms with Crippen LogP contribution in [0.25, 0.3) is 0 Å². The summed E-state index contributed by atoms with van der Waals surface area (Å²) in [7, 11) is 1.77. The SMILES string of the molecule is CN1C[C@@H](C(=O)N2CCC3(CCc4ccccc4O3)CC2)CC1=O. The monoisotopic (exact) mass is 328 g/mol. The number of hydrogen-bond donors (Lipinski definition) is 0. The Hall–Kier alpha value is -2.04. The van der Waals surface area contributed by atoms with Crippen molar-refractivity contribution in [3.63, 3.8) is 0 Å². The van der Waals surface area contributed by atoms with E-state index in [1.54, 1.807) is 11.9 Å². The third kappa shape index (κ3) is 2.66. The quantitative estimate of drug-likeness (QED) is 0.790. The normalized spacial score (nSPS) is 25.5. The van der Waals surface area contributed by atoms with Crippen molar-refractivity contribution in [2.45, 2.75) is 37.7 Å². The highest BCUT2D eigenvalue weighted by Gasteiger charge is 2.42. The van der Waals surface area contributed by atoms with Crippen molar-refractivity contribution in [3.8, 4) is 5.75 Å². The van der Waals surface area contributed by atoms with Crippen LogP contribution in [0.3, 0.4) is 0 Å². The predicted octanol–water partition coefficient (Wildman–Crippen LogP) is 1.85. The van der Waals surface area contributed by atoms with Crippen LogP contribution in [0.2, 0.25) is 0 Å². The van der Waals surface area contributed by atoms with Crippen LogP contribution in [0.15, 0.2) is 24.3 Å². The van der Waals surface area contributed by atoms with Gasteiger partial charge in [-0.1, -0.05) is 18.2 Å². The molecule has 3 heterocycles. The van der Waals surface area contributed by atoms with Gasteiger partial charge in [0, 0.05) is 45.9 Å². The average molecular weight is 328 g/mol. The second-order valence-corrected chi connectivity index (χ2v) is 7.39. The Labute approximate surface area is 142 Å². The van der Waals surface area contributed by atoms with Gasteiger partial charge in [-0.2, -0.15) is 0 Å². The molecule has 24 heavy (non-hydrogen) atoms. The first-order valence-electron chi connectivity index (χ1n) is 8.86. The summed E-state index contributed by atoms with van der Waals surface area (Å²) in [6, 6.07) is 8.26. The standard InChI is InChI=1S/C19H24N2O3/c1-20-13-15(12-17(20)22)18(23)21-10-8-19(9-11-21)7-6-14-4-2-3-5-16(14)24-19/h2-5,15H,6-13H2,1H3/t15-/m0/s1. The molecule has 0 unspecified atom stereocenters. The number of fused-ring (bicyclic) bond motifs is 1. The Morgan fingerprint density at radius 3 is 2.67 bits per heavy atom. The fourth-order valence-electron chi connectivity index (χ4n) is 4.23. The Kier molecular flexibility index (Phi) is 3.74.